The zero-order valence-corrected chi connectivity index (χ0v) is 20.8. The maximum atomic E-state index is 13.2. The molecule has 1 saturated heterocycles. The SMILES string of the molecule is COc1ccc(-c2cc(=O)c3c(O)c(OC)c(O)c(CN4CCN(C(C)C)CC4)c3o2)cc1OC. The standard InChI is InChI=1S/C26H32N2O7/c1-15(2)28-10-8-27(9-11-28)14-17-23(30)26(34-5)24(31)22-18(29)13-20(35-25(17)22)16-6-7-19(32-3)21(12-16)33-4/h6-7,12-13,15,30-31H,8-11,14H2,1-5H3. The van der Waals surface area contributed by atoms with Crippen LogP contribution in [0.3, 0.4) is 0 Å². The second-order valence-corrected chi connectivity index (χ2v) is 8.86. The van der Waals surface area contributed by atoms with E-state index in [9.17, 15) is 15.0 Å². The van der Waals surface area contributed by atoms with E-state index in [1.807, 2.05) is 0 Å². The van der Waals surface area contributed by atoms with Crippen LogP contribution in [-0.4, -0.2) is 73.6 Å². The van der Waals surface area contributed by atoms with E-state index in [1.165, 1.54) is 20.3 Å². The number of phenolic OH excluding ortho intramolecular Hbond substituents is 2. The van der Waals surface area contributed by atoms with Gasteiger partial charge in [-0.05, 0) is 32.0 Å². The Morgan fingerprint density at radius 2 is 1.63 bits per heavy atom. The summed E-state index contributed by atoms with van der Waals surface area (Å²) in [5.41, 5.74) is 0.669. The summed E-state index contributed by atoms with van der Waals surface area (Å²) in [5, 5.41) is 21.7. The van der Waals surface area contributed by atoms with Gasteiger partial charge in [-0.15, -0.1) is 0 Å². The average Bonchev–Trinajstić information content (AvgIpc) is 2.86. The normalized spacial score (nSPS) is 15.0. The lowest BCUT2D eigenvalue weighted by Gasteiger charge is -2.37. The van der Waals surface area contributed by atoms with Crippen LogP contribution in [0.1, 0.15) is 19.4 Å². The zero-order chi connectivity index (χ0) is 25.3. The first-order valence-corrected chi connectivity index (χ1v) is 11.6. The van der Waals surface area contributed by atoms with Crippen molar-refractivity contribution in [2.24, 2.45) is 0 Å². The number of ether oxygens (including phenoxy) is 3. The number of nitrogens with zero attached hydrogens (tertiary/aromatic N) is 2. The minimum absolute atomic E-state index is 0.0281. The summed E-state index contributed by atoms with van der Waals surface area (Å²) in [6, 6.07) is 6.94. The van der Waals surface area contributed by atoms with Gasteiger partial charge < -0.3 is 28.8 Å². The van der Waals surface area contributed by atoms with Crippen molar-refractivity contribution in [3.05, 3.63) is 40.1 Å². The molecule has 1 aromatic heterocycles. The van der Waals surface area contributed by atoms with Crippen molar-refractivity contribution >= 4 is 11.0 Å². The van der Waals surface area contributed by atoms with Crippen molar-refractivity contribution in [1.29, 1.82) is 0 Å². The summed E-state index contributed by atoms with van der Waals surface area (Å²) in [7, 11) is 4.41. The van der Waals surface area contributed by atoms with Gasteiger partial charge in [-0.25, -0.2) is 0 Å². The molecule has 1 aliphatic heterocycles. The fraction of sp³-hybridized carbons (Fsp3) is 0.423. The molecule has 2 N–H and O–H groups in total. The highest BCUT2D eigenvalue weighted by molar-refractivity contribution is 5.92. The van der Waals surface area contributed by atoms with Crippen LogP contribution >= 0.6 is 0 Å². The van der Waals surface area contributed by atoms with Crippen LogP contribution in [0.5, 0.6) is 28.7 Å². The van der Waals surface area contributed by atoms with Crippen molar-refractivity contribution in [3.63, 3.8) is 0 Å². The molecule has 2 aromatic carbocycles. The highest BCUT2D eigenvalue weighted by atomic mass is 16.5. The predicted octanol–water partition coefficient (Wildman–Crippen LogP) is 3.42. The minimum atomic E-state index is -0.447. The predicted molar refractivity (Wildman–Crippen MR) is 133 cm³/mol. The summed E-state index contributed by atoms with van der Waals surface area (Å²) < 4.78 is 22.1. The van der Waals surface area contributed by atoms with E-state index in [2.05, 4.69) is 23.6 Å². The molecule has 2 heterocycles. The minimum Gasteiger partial charge on any atom is -0.504 e. The van der Waals surface area contributed by atoms with E-state index in [1.54, 1.807) is 25.3 Å². The van der Waals surface area contributed by atoms with Gasteiger partial charge in [0.05, 0.1) is 26.9 Å². The lowest BCUT2D eigenvalue weighted by atomic mass is 10.0. The molecule has 0 aliphatic carbocycles. The van der Waals surface area contributed by atoms with Crippen LogP contribution in [0.25, 0.3) is 22.3 Å². The number of methoxy groups -OCH3 is 3. The second-order valence-electron chi connectivity index (χ2n) is 8.86. The third-order valence-electron chi connectivity index (χ3n) is 6.57. The zero-order valence-electron chi connectivity index (χ0n) is 20.8. The van der Waals surface area contributed by atoms with Crippen molar-refractivity contribution in [2.45, 2.75) is 26.4 Å². The third-order valence-corrected chi connectivity index (χ3v) is 6.57. The molecular formula is C26H32N2O7. The Kier molecular flexibility index (Phi) is 7.09. The number of rotatable bonds is 7. The van der Waals surface area contributed by atoms with Crippen molar-refractivity contribution in [2.75, 3.05) is 47.5 Å². The Labute approximate surface area is 204 Å². The van der Waals surface area contributed by atoms with Gasteiger partial charge in [0.1, 0.15) is 11.1 Å². The summed E-state index contributed by atoms with van der Waals surface area (Å²) >= 11 is 0. The lowest BCUT2D eigenvalue weighted by Crippen LogP contribution is -2.48. The van der Waals surface area contributed by atoms with Crippen LogP contribution in [0.2, 0.25) is 0 Å². The fourth-order valence-corrected chi connectivity index (χ4v) is 4.53. The van der Waals surface area contributed by atoms with E-state index >= 15 is 0 Å². The molecule has 4 rings (SSSR count). The second kappa shape index (κ2) is 10.1. The summed E-state index contributed by atoms with van der Waals surface area (Å²) in [6.07, 6.45) is 0. The van der Waals surface area contributed by atoms with Gasteiger partial charge in [0, 0.05) is 50.4 Å². The molecule has 0 radical (unpaired) electrons. The van der Waals surface area contributed by atoms with Gasteiger partial charge in [-0.3, -0.25) is 14.6 Å². The smallest absolute Gasteiger partial charge is 0.204 e. The number of aromatic hydroxyl groups is 2. The molecule has 1 fully saturated rings. The number of piperazine rings is 1. The third kappa shape index (κ3) is 4.61. The van der Waals surface area contributed by atoms with Crippen LogP contribution in [0, 0.1) is 0 Å². The van der Waals surface area contributed by atoms with Gasteiger partial charge in [0.2, 0.25) is 5.75 Å². The van der Waals surface area contributed by atoms with Gasteiger partial charge >= 0.3 is 0 Å². The quantitative estimate of drug-likeness (QED) is 0.522. The highest BCUT2D eigenvalue weighted by Gasteiger charge is 2.27. The van der Waals surface area contributed by atoms with E-state index < -0.39 is 11.2 Å². The first kappa shape index (κ1) is 24.7. The van der Waals surface area contributed by atoms with Crippen LogP contribution in [0.4, 0.5) is 0 Å². The van der Waals surface area contributed by atoms with E-state index in [-0.39, 0.29) is 28.2 Å². The molecule has 9 heteroatoms. The van der Waals surface area contributed by atoms with Crippen molar-refractivity contribution in [1.82, 2.24) is 9.80 Å². The lowest BCUT2D eigenvalue weighted by molar-refractivity contribution is 0.103. The highest BCUT2D eigenvalue weighted by Crippen LogP contribution is 2.45. The Bertz CT molecular complexity index is 1280. The first-order chi connectivity index (χ1) is 16.8. The maximum absolute atomic E-state index is 13.2. The maximum Gasteiger partial charge on any atom is 0.204 e. The molecule has 0 unspecified atom stereocenters. The number of fused-ring (bicyclic) bond motifs is 1. The van der Waals surface area contributed by atoms with E-state index in [4.69, 9.17) is 18.6 Å². The topological polar surface area (TPSA) is 105 Å². The molecule has 0 atom stereocenters. The van der Waals surface area contributed by atoms with Crippen LogP contribution in [0.15, 0.2) is 33.5 Å². The average molecular weight is 485 g/mol. The van der Waals surface area contributed by atoms with Crippen LogP contribution < -0.4 is 19.6 Å². The Morgan fingerprint density at radius 1 is 0.943 bits per heavy atom. The molecule has 0 bridgehead atoms. The van der Waals surface area contributed by atoms with E-state index in [0.717, 1.165) is 26.2 Å². The summed E-state index contributed by atoms with van der Waals surface area (Å²) in [4.78, 5) is 17.8. The van der Waals surface area contributed by atoms with Crippen molar-refractivity contribution in [3.8, 4) is 40.1 Å². The molecule has 9 nitrogen and oxygen atoms in total. The molecule has 0 amide bonds. The molecule has 0 spiro atoms. The van der Waals surface area contributed by atoms with Crippen molar-refractivity contribution < 1.29 is 28.8 Å². The monoisotopic (exact) mass is 484 g/mol. The summed E-state index contributed by atoms with van der Waals surface area (Å²) in [5.74, 6) is 0.479. The Balaban J connectivity index is 1.84. The molecule has 3 aromatic rings. The Morgan fingerprint density at radius 3 is 2.23 bits per heavy atom. The van der Waals surface area contributed by atoms with Crippen LogP contribution in [-0.2, 0) is 6.54 Å². The molecule has 188 valence electrons. The van der Waals surface area contributed by atoms with Gasteiger partial charge in [0.25, 0.3) is 0 Å². The largest absolute Gasteiger partial charge is 0.504 e. The van der Waals surface area contributed by atoms with E-state index in [0.29, 0.717) is 35.2 Å². The molecule has 0 saturated carbocycles. The Hall–Kier alpha value is -3.43. The fourth-order valence-electron chi connectivity index (χ4n) is 4.53. The molecule has 35 heavy (non-hydrogen) atoms. The number of hydrogen-bond acceptors (Lipinski definition) is 9. The molecule has 1 aliphatic rings. The number of phenols is 2. The van der Waals surface area contributed by atoms with Gasteiger partial charge in [-0.2, -0.15) is 0 Å². The van der Waals surface area contributed by atoms with Gasteiger partial charge in [-0.1, -0.05) is 0 Å². The number of benzene rings is 2. The number of hydrogen-bond donors (Lipinski definition) is 2. The summed E-state index contributed by atoms with van der Waals surface area (Å²) in [6.45, 7) is 8.06. The first-order valence-electron chi connectivity index (χ1n) is 11.6. The van der Waals surface area contributed by atoms with Gasteiger partial charge in [0.15, 0.2) is 34.0 Å². The molecular weight excluding hydrogens is 452 g/mol.